The van der Waals surface area contributed by atoms with Gasteiger partial charge in [-0.25, -0.2) is 9.78 Å². The van der Waals surface area contributed by atoms with Gasteiger partial charge in [-0.05, 0) is 24.8 Å². The highest BCUT2D eigenvalue weighted by Gasteiger charge is 2.12. The number of aromatic carboxylic acids is 1. The van der Waals surface area contributed by atoms with Crippen molar-refractivity contribution >= 4 is 17.7 Å². The third-order valence-electron chi connectivity index (χ3n) is 1.79. The lowest BCUT2D eigenvalue weighted by atomic mass is 10.3. The fraction of sp³-hybridized carbons (Fsp3) is 0.111. The molecule has 2 N–H and O–H groups in total. The summed E-state index contributed by atoms with van der Waals surface area (Å²) in [7, 11) is 0. The van der Waals surface area contributed by atoms with Gasteiger partial charge in [0.25, 0.3) is 0 Å². The van der Waals surface area contributed by atoms with Crippen LogP contribution in [-0.4, -0.2) is 31.2 Å². The molecule has 0 aliphatic carbocycles. The molecule has 0 aliphatic heterocycles. The van der Waals surface area contributed by atoms with Crippen LogP contribution in [0.4, 0.5) is 0 Å². The molecule has 0 spiro atoms. The number of hydrogen-bond donors (Lipinski definition) is 2. The molecule has 0 bridgehead atoms. The van der Waals surface area contributed by atoms with Crippen molar-refractivity contribution in [3.05, 3.63) is 29.8 Å². The van der Waals surface area contributed by atoms with E-state index in [4.69, 9.17) is 5.11 Å². The van der Waals surface area contributed by atoms with Crippen LogP contribution in [0, 0.1) is 6.92 Å². The number of pyridine rings is 1. The quantitative estimate of drug-likeness (QED) is 0.835. The maximum Gasteiger partial charge on any atom is 0.338 e. The van der Waals surface area contributed by atoms with E-state index >= 15 is 0 Å². The van der Waals surface area contributed by atoms with Gasteiger partial charge in [-0.2, -0.15) is 0 Å². The van der Waals surface area contributed by atoms with Crippen molar-refractivity contribution in [1.82, 2.24) is 20.2 Å². The molecule has 0 radical (unpaired) electrons. The SMILES string of the molecule is Cc1nc(Sc2ccncc2C(=O)O)n[nH]1. The van der Waals surface area contributed by atoms with E-state index in [1.54, 1.807) is 13.0 Å². The van der Waals surface area contributed by atoms with E-state index in [0.717, 1.165) is 0 Å². The van der Waals surface area contributed by atoms with E-state index in [1.165, 1.54) is 24.2 Å². The molecule has 0 aromatic carbocycles. The lowest BCUT2D eigenvalue weighted by molar-refractivity contribution is 0.0692. The number of carbonyl (C=O) groups is 1. The lowest BCUT2D eigenvalue weighted by Gasteiger charge is -2.00. The maximum absolute atomic E-state index is 10.9. The van der Waals surface area contributed by atoms with E-state index in [9.17, 15) is 4.79 Å². The third-order valence-corrected chi connectivity index (χ3v) is 2.73. The molecule has 6 nitrogen and oxygen atoms in total. The third kappa shape index (κ3) is 2.19. The molecule has 82 valence electrons. The summed E-state index contributed by atoms with van der Waals surface area (Å²) in [6.07, 6.45) is 2.85. The number of H-pyrrole nitrogens is 1. The zero-order valence-corrected chi connectivity index (χ0v) is 9.15. The standard InChI is InChI=1S/C9H8N4O2S/c1-5-11-9(13-12-5)16-7-2-3-10-4-6(7)8(14)15/h2-4H,1H3,(H,14,15)(H,11,12,13). The first-order valence-electron chi connectivity index (χ1n) is 4.41. The van der Waals surface area contributed by atoms with Crippen LogP contribution in [0.1, 0.15) is 16.2 Å². The molecule has 0 amide bonds. The van der Waals surface area contributed by atoms with E-state index in [1.807, 2.05) is 0 Å². The second-order valence-corrected chi connectivity index (χ2v) is 3.99. The van der Waals surface area contributed by atoms with Gasteiger partial charge in [-0.3, -0.25) is 10.1 Å². The van der Waals surface area contributed by atoms with Crippen LogP contribution in [0.5, 0.6) is 0 Å². The summed E-state index contributed by atoms with van der Waals surface area (Å²) in [6, 6.07) is 1.62. The Morgan fingerprint density at radius 3 is 3.00 bits per heavy atom. The van der Waals surface area contributed by atoms with Crippen LogP contribution in [0.15, 0.2) is 28.5 Å². The normalized spacial score (nSPS) is 10.3. The molecule has 0 saturated heterocycles. The number of nitrogens with one attached hydrogen (secondary N) is 1. The first-order chi connectivity index (χ1) is 7.66. The Balaban J connectivity index is 2.31. The number of aryl methyl sites for hydroxylation is 1. The van der Waals surface area contributed by atoms with Crippen molar-refractivity contribution in [2.24, 2.45) is 0 Å². The predicted octanol–water partition coefficient (Wildman–Crippen LogP) is 1.36. The molecular weight excluding hydrogens is 228 g/mol. The van der Waals surface area contributed by atoms with E-state index in [2.05, 4.69) is 20.2 Å². The predicted molar refractivity (Wildman–Crippen MR) is 56.4 cm³/mol. The van der Waals surface area contributed by atoms with Crippen LogP contribution in [0.2, 0.25) is 0 Å². The number of rotatable bonds is 3. The second kappa shape index (κ2) is 4.31. The van der Waals surface area contributed by atoms with Crippen molar-refractivity contribution in [1.29, 1.82) is 0 Å². The monoisotopic (exact) mass is 236 g/mol. The number of aromatic nitrogens is 4. The number of carboxylic acids is 1. The largest absolute Gasteiger partial charge is 0.478 e. The van der Waals surface area contributed by atoms with Crippen LogP contribution in [0.25, 0.3) is 0 Å². The highest BCUT2D eigenvalue weighted by molar-refractivity contribution is 7.99. The van der Waals surface area contributed by atoms with Gasteiger partial charge in [-0.15, -0.1) is 5.10 Å². The Morgan fingerprint density at radius 1 is 1.56 bits per heavy atom. The molecule has 0 unspecified atom stereocenters. The van der Waals surface area contributed by atoms with Gasteiger partial charge in [0, 0.05) is 17.3 Å². The summed E-state index contributed by atoms with van der Waals surface area (Å²) < 4.78 is 0. The van der Waals surface area contributed by atoms with Gasteiger partial charge in [0.05, 0.1) is 5.56 Å². The minimum absolute atomic E-state index is 0.148. The zero-order valence-electron chi connectivity index (χ0n) is 8.34. The molecule has 2 aromatic rings. The summed E-state index contributed by atoms with van der Waals surface area (Å²) in [6.45, 7) is 1.78. The van der Waals surface area contributed by atoms with E-state index < -0.39 is 5.97 Å². The van der Waals surface area contributed by atoms with Crippen molar-refractivity contribution in [3.8, 4) is 0 Å². The fourth-order valence-corrected chi connectivity index (χ4v) is 1.95. The molecule has 0 atom stereocenters. The highest BCUT2D eigenvalue weighted by Crippen LogP contribution is 2.27. The van der Waals surface area contributed by atoms with Crippen molar-refractivity contribution < 1.29 is 9.90 Å². The summed E-state index contributed by atoms with van der Waals surface area (Å²) in [5.74, 6) is -0.323. The molecule has 16 heavy (non-hydrogen) atoms. The van der Waals surface area contributed by atoms with Gasteiger partial charge in [0.1, 0.15) is 5.82 Å². The summed E-state index contributed by atoms with van der Waals surface area (Å²) in [5, 5.41) is 16.1. The average molecular weight is 236 g/mol. The Morgan fingerprint density at radius 2 is 2.38 bits per heavy atom. The maximum atomic E-state index is 10.9. The Hall–Kier alpha value is -1.89. The number of aromatic amines is 1. The number of nitrogens with zero attached hydrogens (tertiary/aromatic N) is 3. The molecule has 0 fully saturated rings. The van der Waals surface area contributed by atoms with Gasteiger partial charge >= 0.3 is 5.97 Å². The number of hydrogen-bond acceptors (Lipinski definition) is 5. The topological polar surface area (TPSA) is 91.8 Å². The van der Waals surface area contributed by atoms with E-state index in [0.29, 0.717) is 15.9 Å². The Kier molecular flexibility index (Phi) is 2.86. The molecule has 2 aromatic heterocycles. The highest BCUT2D eigenvalue weighted by atomic mass is 32.2. The minimum atomic E-state index is -1.01. The van der Waals surface area contributed by atoms with Gasteiger partial charge < -0.3 is 5.11 Å². The van der Waals surface area contributed by atoms with Crippen LogP contribution in [-0.2, 0) is 0 Å². The lowest BCUT2D eigenvalue weighted by Crippen LogP contribution is -1.99. The van der Waals surface area contributed by atoms with Crippen molar-refractivity contribution in [2.75, 3.05) is 0 Å². The first-order valence-corrected chi connectivity index (χ1v) is 5.22. The Bertz CT molecular complexity index is 526. The van der Waals surface area contributed by atoms with Crippen molar-refractivity contribution in [3.63, 3.8) is 0 Å². The van der Waals surface area contributed by atoms with Gasteiger partial charge in [0.2, 0.25) is 5.16 Å². The molecule has 2 rings (SSSR count). The van der Waals surface area contributed by atoms with E-state index in [-0.39, 0.29) is 5.56 Å². The molecule has 0 aliphatic rings. The van der Waals surface area contributed by atoms with Crippen LogP contribution < -0.4 is 0 Å². The summed E-state index contributed by atoms with van der Waals surface area (Å²) >= 11 is 1.19. The van der Waals surface area contributed by atoms with Gasteiger partial charge in [0.15, 0.2) is 0 Å². The number of carboxylic acid groups (broad SMARTS) is 1. The minimum Gasteiger partial charge on any atom is -0.478 e. The van der Waals surface area contributed by atoms with Crippen LogP contribution >= 0.6 is 11.8 Å². The molecular formula is C9H8N4O2S. The van der Waals surface area contributed by atoms with Crippen LogP contribution in [0.3, 0.4) is 0 Å². The smallest absolute Gasteiger partial charge is 0.338 e. The second-order valence-electron chi connectivity index (χ2n) is 2.98. The Labute approximate surface area is 95.1 Å². The fourth-order valence-electron chi connectivity index (χ4n) is 1.10. The van der Waals surface area contributed by atoms with Gasteiger partial charge in [-0.1, -0.05) is 0 Å². The molecule has 0 saturated carbocycles. The summed E-state index contributed by atoms with van der Waals surface area (Å²) in [4.78, 5) is 19.3. The zero-order chi connectivity index (χ0) is 11.5. The first kappa shape index (κ1) is 10.6. The summed E-state index contributed by atoms with van der Waals surface area (Å²) in [5.41, 5.74) is 0.148. The molecule has 2 heterocycles. The van der Waals surface area contributed by atoms with Crippen molar-refractivity contribution in [2.45, 2.75) is 17.0 Å². The molecule has 7 heteroatoms. The average Bonchev–Trinajstić information content (AvgIpc) is 2.64.